The second-order valence-electron chi connectivity index (χ2n) is 7.19. The van der Waals surface area contributed by atoms with Gasteiger partial charge in [0.25, 0.3) is 0 Å². The van der Waals surface area contributed by atoms with Crippen LogP contribution < -0.4 is 15.4 Å². The number of carbonyl (C=O) groups is 2. The lowest BCUT2D eigenvalue weighted by Gasteiger charge is -2.16. The second-order valence-corrected chi connectivity index (χ2v) is 8.26. The lowest BCUT2D eigenvalue weighted by Crippen LogP contribution is -2.35. The molecule has 3 atom stereocenters. The molecular weight excluding hydrogens is 394 g/mol. The standard InChI is InChI=1S/C19H27N5O4S/c1-4-11(2)28-19(26)21-13-6-5-12(7-13)14-8-15(24-23-14)22-16(25)9-17-20-10-18(27-3)29-17/h8,10-13H,4-7,9H2,1-3H3,(H,21,26)(H2,22,23,24,25). The molecule has 2 aromatic rings. The number of aromatic amines is 1. The molecule has 29 heavy (non-hydrogen) atoms. The molecule has 0 spiro atoms. The van der Waals surface area contributed by atoms with E-state index in [0.29, 0.717) is 15.9 Å². The van der Waals surface area contributed by atoms with Gasteiger partial charge in [-0.25, -0.2) is 9.78 Å². The molecule has 0 aromatic carbocycles. The predicted octanol–water partition coefficient (Wildman–Crippen LogP) is 3.22. The Balaban J connectivity index is 1.47. The lowest BCUT2D eigenvalue weighted by atomic mass is 10.0. The van der Waals surface area contributed by atoms with Gasteiger partial charge in [0.2, 0.25) is 5.91 Å². The molecule has 3 N–H and O–H groups in total. The van der Waals surface area contributed by atoms with E-state index in [1.807, 2.05) is 19.9 Å². The van der Waals surface area contributed by atoms with Crippen molar-refractivity contribution < 1.29 is 19.1 Å². The third kappa shape index (κ3) is 5.93. The van der Waals surface area contributed by atoms with Crippen LogP contribution in [0, 0.1) is 0 Å². The van der Waals surface area contributed by atoms with Crippen molar-refractivity contribution in [2.45, 2.75) is 64.0 Å². The summed E-state index contributed by atoms with van der Waals surface area (Å²) < 4.78 is 10.4. The second kappa shape index (κ2) is 9.73. The molecular formula is C19H27N5O4S. The highest BCUT2D eigenvalue weighted by Gasteiger charge is 2.29. The summed E-state index contributed by atoms with van der Waals surface area (Å²) >= 11 is 1.34. The number of anilines is 1. The van der Waals surface area contributed by atoms with Gasteiger partial charge in [-0.15, -0.1) is 0 Å². The van der Waals surface area contributed by atoms with E-state index in [4.69, 9.17) is 9.47 Å². The topological polar surface area (TPSA) is 118 Å². The molecule has 1 saturated carbocycles. The molecule has 2 aromatic heterocycles. The molecule has 0 radical (unpaired) electrons. The SMILES string of the molecule is CCC(C)OC(=O)NC1CCC(c2cc(NC(=O)Cc3ncc(OC)s3)n[nH]2)C1. The Kier molecular flexibility index (Phi) is 7.08. The van der Waals surface area contributed by atoms with Crippen LogP contribution in [-0.2, 0) is 16.0 Å². The summed E-state index contributed by atoms with van der Waals surface area (Å²) in [5.41, 5.74) is 0.954. The Morgan fingerprint density at radius 3 is 2.97 bits per heavy atom. The molecule has 3 rings (SSSR count). The van der Waals surface area contributed by atoms with E-state index in [9.17, 15) is 9.59 Å². The molecule has 3 unspecified atom stereocenters. The number of alkyl carbamates (subject to hydrolysis) is 1. The van der Waals surface area contributed by atoms with Gasteiger partial charge in [0.05, 0.1) is 19.7 Å². The van der Waals surface area contributed by atoms with Gasteiger partial charge in [-0.05, 0) is 32.6 Å². The zero-order chi connectivity index (χ0) is 20.8. The number of nitrogens with zero attached hydrogens (tertiary/aromatic N) is 2. The number of amides is 2. The molecule has 1 aliphatic carbocycles. The summed E-state index contributed by atoms with van der Waals surface area (Å²) in [6.07, 6.45) is 4.74. The van der Waals surface area contributed by atoms with Gasteiger partial charge in [0.1, 0.15) is 11.1 Å². The minimum absolute atomic E-state index is 0.0813. The normalized spacial score (nSPS) is 19.6. The number of hydrogen-bond donors (Lipinski definition) is 3. The van der Waals surface area contributed by atoms with Crippen LogP contribution in [0.4, 0.5) is 10.6 Å². The number of H-pyrrole nitrogens is 1. The maximum Gasteiger partial charge on any atom is 0.407 e. The monoisotopic (exact) mass is 421 g/mol. The molecule has 10 heteroatoms. The molecule has 0 aliphatic heterocycles. The van der Waals surface area contributed by atoms with Crippen LogP contribution in [0.15, 0.2) is 12.3 Å². The van der Waals surface area contributed by atoms with Crippen LogP contribution in [0.5, 0.6) is 5.06 Å². The highest BCUT2D eigenvalue weighted by atomic mass is 32.1. The first-order chi connectivity index (χ1) is 14.0. The molecule has 0 bridgehead atoms. The van der Waals surface area contributed by atoms with E-state index in [1.165, 1.54) is 11.3 Å². The van der Waals surface area contributed by atoms with Crippen molar-refractivity contribution in [1.82, 2.24) is 20.5 Å². The van der Waals surface area contributed by atoms with Gasteiger partial charge in [0.15, 0.2) is 10.9 Å². The summed E-state index contributed by atoms with van der Waals surface area (Å²) in [6, 6.07) is 1.93. The van der Waals surface area contributed by atoms with Crippen molar-refractivity contribution in [2.24, 2.45) is 0 Å². The quantitative estimate of drug-likeness (QED) is 0.602. The van der Waals surface area contributed by atoms with Crippen molar-refractivity contribution in [3.05, 3.63) is 23.0 Å². The average molecular weight is 422 g/mol. The van der Waals surface area contributed by atoms with E-state index in [0.717, 1.165) is 31.4 Å². The highest BCUT2D eigenvalue weighted by molar-refractivity contribution is 7.13. The fourth-order valence-corrected chi connectivity index (χ4v) is 4.00. The Morgan fingerprint density at radius 1 is 1.41 bits per heavy atom. The lowest BCUT2D eigenvalue weighted by molar-refractivity contribution is -0.115. The fraction of sp³-hybridized carbons (Fsp3) is 0.579. The minimum Gasteiger partial charge on any atom is -0.486 e. The summed E-state index contributed by atoms with van der Waals surface area (Å²) in [4.78, 5) is 28.2. The van der Waals surface area contributed by atoms with Crippen LogP contribution in [0.2, 0.25) is 0 Å². The maximum atomic E-state index is 12.2. The van der Waals surface area contributed by atoms with Gasteiger partial charge in [-0.2, -0.15) is 5.10 Å². The van der Waals surface area contributed by atoms with Crippen LogP contribution in [0.3, 0.4) is 0 Å². The Labute approximate surface area is 173 Å². The van der Waals surface area contributed by atoms with E-state index in [2.05, 4.69) is 25.8 Å². The summed E-state index contributed by atoms with van der Waals surface area (Å²) in [5, 5.41) is 14.3. The Morgan fingerprint density at radius 2 is 2.24 bits per heavy atom. The van der Waals surface area contributed by atoms with Crippen LogP contribution in [-0.4, -0.2) is 46.4 Å². The summed E-state index contributed by atoms with van der Waals surface area (Å²) in [6.45, 7) is 3.86. The van der Waals surface area contributed by atoms with Crippen molar-refractivity contribution >= 4 is 29.2 Å². The number of nitrogens with one attached hydrogen (secondary N) is 3. The number of ether oxygens (including phenoxy) is 2. The predicted molar refractivity (Wildman–Crippen MR) is 109 cm³/mol. The third-order valence-electron chi connectivity index (χ3n) is 4.99. The number of carbonyl (C=O) groups excluding carboxylic acids is 2. The largest absolute Gasteiger partial charge is 0.486 e. The number of methoxy groups -OCH3 is 1. The van der Waals surface area contributed by atoms with Gasteiger partial charge in [0, 0.05) is 23.7 Å². The molecule has 0 saturated heterocycles. The van der Waals surface area contributed by atoms with E-state index >= 15 is 0 Å². The van der Waals surface area contributed by atoms with Gasteiger partial charge in [-0.3, -0.25) is 9.89 Å². The van der Waals surface area contributed by atoms with Crippen LogP contribution in [0.25, 0.3) is 0 Å². The zero-order valence-corrected chi connectivity index (χ0v) is 17.7. The summed E-state index contributed by atoms with van der Waals surface area (Å²) in [5.74, 6) is 0.560. The molecule has 2 heterocycles. The number of thiazole rings is 1. The Hall–Kier alpha value is -2.62. The first-order valence-corrected chi connectivity index (χ1v) is 10.6. The van der Waals surface area contributed by atoms with Gasteiger partial charge in [-0.1, -0.05) is 18.3 Å². The van der Waals surface area contributed by atoms with E-state index < -0.39 is 0 Å². The zero-order valence-electron chi connectivity index (χ0n) is 16.9. The first-order valence-electron chi connectivity index (χ1n) is 9.77. The third-order valence-corrected chi connectivity index (χ3v) is 5.95. The number of aromatic nitrogens is 3. The van der Waals surface area contributed by atoms with Crippen molar-refractivity contribution in [3.8, 4) is 5.06 Å². The Bertz CT molecular complexity index is 836. The molecule has 1 aliphatic rings. The van der Waals surface area contributed by atoms with Crippen LogP contribution >= 0.6 is 11.3 Å². The molecule has 2 amide bonds. The molecule has 1 fully saturated rings. The van der Waals surface area contributed by atoms with Gasteiger partial charge >= 0.3 is 6.09 Å². The van der Waals surface area contributed by atoms with Gasteiger partial charge < -0.3 is 20.1 Å². The number of rotatable bonds is 8. The van der Waals surface area contributed by atoms with E-state index in [-0.39, 0.29) is 36.5 Å². The average Bonchev–Trinajstić information content (AvgIpc) is 3.42. The van der Waals surface area contributed by atoms with Crippen LogP contribution in [0.1, 0.15) is 56.2 Å². The fourth-order valence-electron chi connectivity index (χ4n) is 3.27. The number of hydrogen-bond acceptors (Lipinski definition) is 7. The molecule has 9 nitrogen and oxygen atoms in total. The van der Waals surface area contributed by atoms with Crippen molar-refractivity contribution in [1.29, 1.82) is 0 Å². The minimum atomic E-state index is -0.360. The van der Waals surface area contributed by atoms with E-state index in [1.54, 1.807) is 13.3 Å². The first kappa shape index (κ1) is 21.1. The smallest absolute Gasteiger partial charge is 0.407 e. The maximum absolute atomic E-state index is 12.2. The van der Waals surface area contributed by atoms with Crippen molar-refractivity contribution in [3.63, 3.8) is 0 Å². The molecule has 158 valence electrons. The summed E-state index contributed by atoms with van der Waals surface area (Å²) in [7, 11) is 1.57. The van der Waals surface area contributed by atoms with Crippen molar-refractivity contribution in [2.75, 3.05) is 12.4 Å². The highest BCUT2D eigenvalue weighted by Crippen LogP contribution is 2.34.